The Morgan fingerprint density at radius 1 is 0.882 bits per heavy atom. The lowest BCUT2D eigenvalue weighted by Crippen LogP contribution is -2.48. The van der Waals surface area contributed by atoms with Crippen LogP contribution in [0.2, 0.25) is 0 Å². The van der Waals surface area contributed by atoms with Crippen molar-refractivity contribution in [3.05, 3.63) is 83.5 Å². The molecule has 8 heteroatoms. The summed E-state index contributed by atoms with van der Waals surface area (Å²) in [7, 11) is 0. The van der Waals surface area contributed by atoms with Crippen molar-refractivity contribution < 1.29 is 23.1 Å². The van der Waals surface area contributed by atoms with E-state index in [1.165, 1.54) is 12.1 Å². The largest absolute Gasteiger partial charge is 0.454 e. The molecule has 2 aliphatic heterocycles. The molecule has 174 valence electrons. The number of hydrogen-bond acceptors (Lipinski definition) is 5. The van der Waals surface area contributed by atoms with E-state index in [9.17, 15) is 9.18 Å². The summed E-state index contributed by atoms with van der Waals surface area (Å²) in [5.74, 6) is 1.23. The molecule has 1 amide bonds. The topological polar surface area (TPSA) is 60.1 Å². The highest BCUT2D eigenvalue weighted by Crippen LogP contribution is 2.33. The van der Waals surface area contributed by atoms with Gasteiger partial charge in [-0.2, -0.15) is 0 Å². The van der Waals surface area contributed by atoms with Gasteiger partial charge in [-0.05, 0) is 47.5 Å². The number of piperazine rings is 1. The van der Waals surface area contributed by atoms with E-state index < -0.39 is 0 Å². The molecule has 0 unspecified atom stereocenters. The smallest absolute Gasteiger partial charge is 0.270 e. The maximum Gasteiger partial charge on any atom is 0.270 e. The number of aromatic nitrogens is 1. The van der Waals surface area contributed by atoms with Gasteiger partial charge in [0.05, 0.1) is 12.8 Å². The first-order valence-corrected chi connectivity index (χ1v) is 11.4. The lowest BCUT2D eigenvalue weighted by molar-refractivity contribution is 0.0618. The van der Waals surface area contributed by atoms with Gasteiger partial charge in [-0.3, -0.25) is 9.69 Å². The number of fused-ring (bicyclic) bond motifs is 2. The van der Waals surface area contributed by atoms with Crippen molar-refractivity contribution in [2.24, 2.45) is 0 Å². The average Bonchev–Trinajstić information content (AvgIpc) is 3.56. The van der Waals surface area contributed by atoms with Crippen molar-refractivity contribution in [2.45, 2.75) is 13.1 Å². The zero-order valence-electron chi connectivity index (χ0n) is 18.6. The van der Waals surface area contributed by atoms with Crippen LogP contribution >= 0.6 is 0 Å². The Hall–Kier alpha value is -3.78. The minimum atomic E-state index is -0.299. The molecule has 0 N–H and O–H groups in total. The SMILES string of the molecule is O=C(c1cc2ccoc2n1Cc1cccc(F)c1)N1CCN(Cc2ccc3c(c2)OCO3)CC1. The second kappa shape index (κ2) is 8.53. The molecule has 2 aromatic carbocycles. The molecule has 6 rings (SSSR count). The number of benzene rings is 2. The van der Waals surface area contributed by atoms with Crippen LogP contribution in [0, 0.1) is 5.82 Å². The predicted octanol–water partition coefficient (Wildman–Crippen LogP) is 4.11. The van der Waals surface area contributed by atoms with Gasteiger partial charge in [0.1, 0.15) is 11.5 Å². The number of furan rings is 1. The standard InChI is InChI=1S/C26H24FN3O4/c27-21-3-1-2-18(12-21)16-30-22(14-20-6-11-32-26(20)30)25(31)29-9-7-28(8-10-29)15-19-4-5-23-24(13-19)34-17-33-23/h1-6,11-14H,7-10,15-17H2. The molecule has 0 atom stereocenters. The highest BCUT2D eigenvalue weighted by Gasteiger charge is 2.26. The minimum absolute atomic E-state index is 0.0365. The van der Waals surface area contributed by atoms with E-state index >= 15 is 0 Å². The number of halogens is 1. The van der Waals surface area contributed by atoms with E-state index in [1.54, 1.807) is 12.3 Å². The Labute approximate surface area is 195 Å². The fraction of sp³-hybridized carbons (Fsp3) is 0.269. The second-order valence-corrected chi connectivity index (χ2v) is 8.68. The Morgan fingerprint density at radius 2 is 1.71 bits per heavy atom. The summed E-state index contributed by atoms with van der Waals surface area (Å²) in [6.45, 7) is 4.25. The van der Waals surface area contributed by atoms with Gasteiger partial charge in [-0.15, -0.1) is 0 Å². The second-order valence-electron chi connectivity index (χ2n) is 8.68. The van der Waals surface area contributed by atoms with E-state index in [0.29, 0.717) is 31.0 Å². The Balaban J connectivity index is 1.16. The van der Waals surface area contributed by atoms with Gasteiger partial charge >= 0.3 is 0 Å². The average molecular weight is 461 g/mol. The number of hydrogen-bond donors (Lipinski definition) is 0. The van der Waals surface area contributed by atoms with Crippen molar-refractivity contribution in [3.63, 3.8) is 0 Å². The molecule has 0 spiro atoms. The quantitative estimate of drug-likeness (QED) is 0.448. The maximum atomic E-state index is 13.7. The van der Waals surface area contributed by atoms with Crippen LogP contribution in [0.5, 0.6) is 11.5 Å². The lowest BCUT2D eigenvalue weighted by atomic mass is 10.1. The zero-order valence-corrected chi connectivity index (χ0v) is 18.6. The molecular formula is C26H24FN3O4. The highest BCUT2D eigenvalue weighted by molar-refractivity contribution is 5.97. The van der Waals surface area contributed by atoms with Gasteiger partial charge in [0.25, 0.3) is 5.91 Å². The summed E-state index contributed by atoms with van der Waals surface area (Å²) in [6.07, 6.45) is 1.61. The predicted molar refractivity (Wildman–Crippen MR) is 123 cm³/mol. The van der Waals surface area contributed by atoms with Gasteiger partial charge in [0.15, 0.2) is 11.5 Å². The van der Waals surface area contributed by atoms with Crippen molar-refractivity contribution in [1.29, 1.82) is 0 Å². The van der Waals surface area contributed by atoms with Gasteiger partial charge in [0, 0.05) is 38.1 Å². The molecule has 1 saturated heterocycles. The fourth-order valence-corrected chi connectivity index (χ4v) is 4.70. The fourth-order valence-electron chi connectivity index (χ4n) is 4.70. The van der Waals surface area contributed by atoms with Crippen molar-refractivity contribution in [2.75, 3.05) is 33.0 Å². The van der Waals surface area contributed by atoms with E-state index in [4.69, 9.17) is 13.9 Å². The van der Waals surface area contributed by atoms with Crippen molar-refractivity contribution >= 4 is 17.0 Å². The normalized spacial score (nSPS) is 15.9. The number of amides is 1. The number of nitrogens with zero attached hydrogens (tertiary/aromatic N) is 3. The van der Waals surface area contributed by atoms with Crippen LogP contribution in [0.1, 0.15) is 21.6 Å². The van der Waals surface area contributed by atoms with E-state index in [2.05, 4.69) is 11.0 Å². The first kappa shape index (κ1) is 20.8. The molecule has 4 aromatic rings. The number of ether oxygens (including phenoxy) is 2. The first-order chi connectivity index (χ1) is 16.6. The van der Waals surface area contributed by atoms with Crippen LogP contribution in [-0.4, -0.2) is 53.2 Å². The highest BCUT2D eigenvalue weighted by atomic mass is 19.1. The first-order valence-electron chi connectivity index (χ1n) is 11.4. The molecule has 2 aliphatic rings. The monoisotopic (exact) mass is 461 g/mol. The van der Waals surface area contributed by atoms with Crippen LogP contribution in [0.3, 0.4) is 0 Å². The maximum absolute atomic E-state index is 13.7. The third-order valence-corrected chi connectivity index (χ3v) is 6.45. The third-order valence-electron chi connectivity index (χ3n) is 6.45. The van der Waals surface area contributed by atoms with Crippen molar-refractivity contribution in [1.82, 2.24) is 14.4 Å². The molecule has 4 heterocycles. The minimum Gasteiger partial charge on any atom is -0.454 e. The number of rotatable bonds is 5. The molecule has 0 saturated carbocycles. The van der Waals surface area contributed by atoms with Crippen LogP contribution < -0.4 is 9.47 Å². The molecule has 0 aliphatic carbocycles. The van der Waals surface area contributed by atoms with E-state index in [1.807, 2.05) is 39.8 Å². The molecular weight excluding hydrogens is 437 g/mol. The Morgan fingerprint density at radius 3 is 2.56 bits per heavy atom. The van der Waals surface area contributed by atoms with Crippen LogP contribution in [-0.2, 0) is 13.1 Å². The van der Waals surface area contributed by atoms with E-state index in [0.717, 1.165) is 47.6 Å². The summed E-state index contributed by atoms with van der Waals surface area (Å²) in [4.78, 5) is 17.7. The molecule has 0 bridgehead atoms. The van der Waals surface area contributed by atoms with Gasteiger partial charge in [-0.1, -0.05) is 18.2 Å². The number of carbonyl (C=O) groups excluding carboxylic acids is 1. The zero-order chi connectivity index (χ0) is 23.1. The Bertz CT molecular complexity index is 1350. The summed E-state index contributed by atoms with van der Waals surface area (Å²) in [5, 5.41) is 0.862. The summed E-state index contributed by atoms with van der Waals surface area (Å²) < 4.78 is 32.1. The van der Waals surface area contributed by atoms with Gasteiger partial charge in [-0.25, -0.2) is 4.39 Å². The van der Waals surface area contributed by atoms with Crippen LogP contribution in [0.25, 0.3) is 11.1 Å². The summed E-state index contributed by atoms with van der Waals surface area (Å²) >= 11 is 0. The Kier molecular flexibility index (Phi) is 5.22. The number of carbonyl (C=O) groups is 1. The van der Waals surface area contributed by atoms with E-state index in [-0.39, 0.29) is 18.5 Å². The van der Waals surface area contributed by atoms with Crippen LogP contribution in [0.15, 0.2) is 65.3 Å². The van der Waals surface area contributed by atoms with Crippen LogP contribution in [0.4, 0.5) is 4.39 Å². The molecule has 34 heavy (non-hydrogen) atoms. The van der Waals surface area contributed by atoms with Crippen molar-refractivity contribution in [3.8, 4) is 11.5 Å². The third kappa shape index (κ3) is 3.90. The molecule has 0 radical (unpaired) electrons. The molecule has 7 nitrogen and oxygen atoms in total. The van der Waals surface area contributed by atoms with Gasteiger partial charge in [0.2, 0.25) is 12.5 Å². The van der Waals surface area contributed by atoms with Gasteiger partial charge < -0.3 is 23.4 Å². The molecule has 2 aromatic heterocycles. The lowest BCUT2D eigenvalue weighted by Gasteiger charge is -2.35. The summed E-state index contributed by atoms with van der Waals surface area (Å²) in [5.41, 5.74) is 3.11. The molecule has 1 fully saturated rings. The summed E-state index contributed by atoms with van der Waals surface area (Å²) in [6, 6.07) is 16.1.